The van der Waals surface area contributed by atoms with Crippen molar-refractivity contribution >= 4 is 44.8 Å². The molecular formula is C12H10Cl3N3O2S. The molecule has 1 aromatic carbocycles. The van der Waals surface area contributed by atoms with E-state index in [1.807, 2.05) is 0 Å². The van der Waals surface area contributed by atoms with E-state index in [1.54, 1.807) is 18.2 Å². The lowest BCUT2D eigenvalue weighted by Crippen LogP contribution is -2.26. The van der Waals surface area contributed by atoms with E-state index in [9.17, 15) is 8.42 Å². The first-order chi connectivity index (χ1) is 9.88. The number of nitrogens with zero attached hydrogens (tertiary/aromatic N) is 2. The Kier molecular flexibility index (Phi) is 5.40. The molecule has 0 bridgehead atoms. The highest BCUT2D eigenvalue weighted by Crippen LogP contribution is 2.21. The number of hydrogen-bond donors (Lipinski definition) is 1. The van der Waals surface area contributed by atoms with Crippen LogP contribution < -0.4 is 4.72 Å². The summed E-state index contributed by atoms with van der Waals surface area (Å²) in [5.74, 6) is 0. The molecular weight excluding hydrogens is 357 g/mol. The summed E-state index contributed by atoms with van der Waals surface area (Å²) in [6, 6.07) is 5.06. The van der Waals surface area contributed by atoms with Crippen LogP contribution in [0.25, 0.3) is 0 Å². The van der Waals surface area contributed by atoms with E-state index < -0.39 is 10.0 Å². The van der Waals surface area contributed by atoms with Crippen LogP contribution in [-0.2, 0) is 16.4 Å². The SMILES string of the molecule is O=S(=O)(NCCc1ccc(Cl)cc1Cl)c1cnc(Cl)nc1. The van der Waals surface area contributed by atoms with Crippen molar-refractivity contribution < 1.29 is 8.42 Å². The smallest absolute Gasteiger partial charge is 0.225 e. The minimum Gasteiger partial charge on any atom is -0.225 e. The molecule has 9 heteroatoms. The second-order valence-electron chi connectivity index (χ2n) is 4.07. The van der Waals surface area contributed by atoms with Gasteiger partial charge in [0.15, 0.2) is 0 Å². The number of halogens is 3. The number of sulfonamides is 1. The summed E-state index contributed by atoms with van der Waals surface area (Å²) in [6.45, 7) is 0.187. The molecule has 1 heterocycles. The van der Waals surface area contributed by atoms with Crippen LogP contribution in [0.4, 0.5) is 0 Å². The second-order valence-corrected chi connectivity index (χ2v) is 7.02. The zero-order valence-electron chi connectivity index (χ0n) is 10.6. The molecule has 0 atom stereocenters. The minimum absolute atomic E-state index is 0.0121. The van der Waals surface area contributed by atoms with E-state index in [1.165, 1.54) is 0 Å². The molecule has 0 aliphatic rings. The van der Waals surface area contributed by atoms with Crippen LogP contribution >= 0.6 is 34.8 Å². The Balaban J connectivity index is 2.00. The van der Waals surface area contributed by atoms with Gasteiger partial charge in [0.05, 0.1) is 12.4 Å². The van der Waals surface area contributed by atoms with Gasteiger partial charge in [0.25, 0.3) is 0 Å². The van der Waals surface area contributed by atoms with E-state index in [0.29, 0.717) is 16.5 Å². The zero-order chi connectivity index (χ0) is 15.5. The molecule has 0 aliphatic heterocycles. The van der Waals surface area contributed by atoms with Gasteiger partial charge in [-0.05, 0) is 35.7 Å². The fourth-order valence-electron chi connectivity index (χ4n) is 1.57. The summed E-state index contributed by atoms with van der Waals surface area (Å²) >= 11 is 17.3. The van der Waals surface area contributed by atoms with Crippen molar-refractivity contribution in [3.63, 3.8) is 0 Å². The van der Waals surface area contributed by atoms with Crippen molar-refractivity contribution in [2.24, 2.45) is 0 Å². The van der Waals surface area contributed by atoms with Crippen molar-refractivity contribution in [2.45, 2.75) is 11.3 Å². The summed E-state index contributed by atoms with van der Waals surface area (Å²) in [5.41, 5.74) is 0.802. The Bertz CT molecular complexity index is 736. The molecule has 0 radical (unpaired) electrons. The van der Waals surface area contributed by atoms with Crippen molar-refractivity contribution in [3.8, 4) is 0 Å². The predicted molar refractivity (Wildman–Crippen MR) is 82.4 cm³/mol. The van der Waals surface area contributed by atoms with Crippen molar-refractivity contribution in [2.75, 3.05) is 6.54 Å². The molecule has 112 valence electrons. The van der Waals surface area contributed by atoms with Crippen LogP contribution in [0.15, 0.2) is 35.5 Å². The lowest BCUT2D eigenvalue weighted by Gasteiger charge is -2.07. The normalized spacial score (nSPS) is 11.6. The topological polar surface area (TPSA) is 72.0 Å². The zero-order valence-corrected chi connectivity index (χ0v) is 13.6. The lowest BCUT2D eigenvalue weighted by atomic mass is 10.1. The Morgan fingerprint density at radius 2 is 1.76 bits per heavy atom. The Morgan fingerprint density at radius 3 is 2.38 bits per heavy atom. The molecule has 0 saturated heterocycles. The summed E-state index contributed by atoms with van der Waals surface area (Å²) in [6.07, 6.45) is 2.73. The van der Waals surface area contributed by atoms with Crippen LogP contribution in [-0.4, -0.2) is 24.9 Å². The van der Waals surface area contributed by atoms with E-state index in [0.717, 1.165) is 18.0 Å². The first-order valence-electron chi connectivity index (χ1n) is 5.79. The average Bonchev–Trinajstić information content (AvgIpc) is 2.41. The van der Waals surface area contributed by atoms with Gasteiger partial charge in [0.1, 0.15) is 4.90 Å². The molecule has 0 aliphatic carbocycles. The van der Waals surface area contributed by atoms with E-state index in [-0.39, 0.29) is 16.7 Å². The molecule has 1 N–H and O–H groups in total. The van der Waals surface area contributed by atoms with Crippen LogP contribution in [0, 0.1) is 0 Å². The molecule has 0 spiro atoms. The molecule has 21 heavy (non-hydrogen) atoms. The molecule has 2 aromatic rings. The predicted octanol–water partition coefficient (Wildman–Crippen LogP) is 2.96. The number of benzene rings is 1. The van der Waals surface area contributed by atoms with E-state index >= 15 is 0 Å². The average molecular weight is 367 g/mol. The van der Waals surface area contributed by atoms with E-state index in [4.69, 9.17) is 34.8 Å². The molecule has 0 unspecified atom stereocenters. The fraction of sp³-hybridized carbons (Fsp3) is 0.167. The maximum absolute atomic E-state index is 12.0. The molecule has 0 saturated carbocycles. The van der Waals surface area contributed by atoms with E-state index in [2.05, 4.69) is 14.7 Å². The third-order valence-corrected chi connectivity index (χ3v) is 4.81. The van der Waals surface area contributed by atoms with Gasteiger partial charge in [-0.1, -0.05) is 29.3 Å². The Hall–Kier alpha value is -0.920. The first-order valence-corrected chi connectivity index (χ1v) is 8.41. The standard InChI is InChI=1S/C12H10Cl3N3O2S/c13-9-2-1-8(11(14)5-9)3-4-18-21(19,20)10-6-16-12(15)17-7-10/h1-2,5-7,18H,3-4H2. The third-order valence-electron chi connectivity index (χ3n) is 2.61. The molecule has 0 fully saturated rings. The van der Waals surface area contributed by atoms with Crippen molar-refractivity contribution in [3.05, 3.63) is 51.5 Å². The summed E-state index contributed by atoms with van der Waals surface area (Å²) in [4.78, 5) is 7.22. The number of hydrogen-bond acceptors (Lipinski definition) is 4. The molecule has 0 amide bonds. The van der Waals surface area contributed by atoms with Crippen LogP contribution in [0.1, 0.15) is 5.56 Å². The van der Waals surface area contributed by atoms with Gasteiger partial charge in [-0.2, -0.15) is 0 Å². The highest BCUT2D eigenvalue weighted by atomic mass is 35.5. The van der Waals surface area contributed by atoms with Crippen LogP contribution in [0.5, 0.6) is 0 Å². The number of rotatable bonds is 5. The second kappa shape index (κ2) is 6.89. The monoisotopic (exact) mass is 365 g/mol. The van der Waals surface area contributed by atoms with Gasteiger partial charge in [-0.3, -0.25) is 0 Å². The first kappa shape index (κ1) is 16.5. The highest BCUT2D eigenvalue weighted by Gasteiger charge is 2.14. The lowest BCUT2D eigenvalue weighted by molar-refractivity contribution is 0.580. The summed E-state index contributed by atoms with van der Waals surface area (Å²) in [7, 11) is -3.67. The van der Waals surface area contributed by atoms with Crippen molar-refractivity contribution in [1.82, 2.24) is 14.7 Å². The van der Waals surface area contributed by atoms with Crippen LogP contribution in [0.3, 0.4) is 0 Å². The van der Waals surface area contributed by atoms with Crippen LogP contribution in [0.2, 0.25) is 15.3 Å². The minimum atomic E-state index is -3.67. The summed E-state index contributed by atoms with van der Waals surface area (Å²) < 4.78 is 26.4. The van der Waals surface area contributed by atoms with Gasteiger partial charge in [-0.15, -0.1) is 0 Å². The summed E-state index contributed by atoms with van der Waals surface area (Å²) in [5, 5.41) is 1.01. The molecule has 5 nitrogen and oxygen atoms in total. The maximum atomic E-state index is 12.0. The highest BCUT2D eigenvalue weighted by molar-refractivity contribution is 7.89. The largest absolute Gasteiger partial charge is 0.243 e. The Morgan fingerprint density at radius 1 is 1.10 bits per heavy atom. The molecule has 1 aromatic heterocycles. The van der Waals surface area contributed by atoms with Gasteiger partial charge in [-0.25, -0.2) is 23.1 Å². The van der Waals surface area contributed by atoms with Gasteiger partial charge >= 0.3 is 0 Å². The third kappa shape index (κ3) is 4.52. The Labute approximate surface area is 137 Å². The number of aromatic nitrogens is 2. The molecule has 2 rings (SSSR count). The van der Waals surface area contributed by atoms with Gasteiger partial charge in [0, 0.05) is 16.6 Å². The van der Waals surface area contributed by atoms with Gasteiger partial charge in [0.2, 0.25) is 15.3 Å². The maximum Gasteiger partial charge on any atom is 0.243 e. The number of nitrogens with one attached hydrogen (secondary N) is 1. The fourth-order valence-corrected chi connectivity index (χ4v) is 3.09. The quantitative estimate of drug-likeness (QED) is 0.826. The van der Waals surface area contributed by atoms with Gasteiger partial charge < -0.3 is 0 Å². The van der Waals surface area contributed by atoms with Crippen molar-refractivity contribution in [1.29, 1.82) is 0 Å².